The van der Waals surface area contributed by atoms with E-state index >= 15 is 0 Å². The maximum atomic E-state index is 13.2. The zero-order valence-corrected chi connectivity index (χ0v) is 21.5. The number of nitrogens with zero attached hydrogens (tertiary/aromatic N) is 4. The van der Waals surface area contributed by atoms with Crippen molar-refractivity contribution in [2.24, 2.45) is 11.8 Å². The van der Waals surface area contributed by atoms with E-state index in [0.717, 1.165) is 38.3 Å². The molecule has 4 rings (SSSR count). The van der Waals surface area contributed by atoms with Crippen LogP contribution < -0.4 is 4.74 Å². The minimum atomic E-state index is -0.186. The highest BCUT2D eigenvalue weighted by atomic mass is 35.5. The third-order valence-electron chi connectivity index (χ3n) is 6.73. The van der Waals surface area contributed by atoms with Crippen molar-refractivity contribution in [3.05, 3.63) is 46.8 Å². The van der Waals surface area contributed by atoms with Crippen LogP contribution in [0, 0.1) is 11.8 Å². The summed E-state index contributed by atoms with van der Waals surface area (Å²) in [7, 11) is 2.07. The summed E-state index contributed by atoms with van der Waals surface area (Å²) in [6.07, 6.45) is 1.54. The monoisotopic (exact) mass is 502 g/mol. The number of rotatable bonds is 7. The molecule has 35 heavy (non-hydrogen) atoms. The number of benzene rings is 1. The van der Waals surface area contributed by atoms with Gasteiger partial charge in [0.05, 0.1) is 5.69 Å². The highest BCUT2D eigenvalue weighted by molar-refractivity contribution is 6.30. The van der Waals surface area contributed by atoms with Gasteiger partial charge in [-0.05, 0) is 43.7 Å². The summed E-state index contributed by atoms with van der Waals surface area (Å²) in [5.74, 6) is 1.18. The SMILES string of the molecule is CC(C)Cc1cc(C(=O)N2CC[C@H](Oc3ccc(Cl)cc3)[C@@H](CC(=O)N3CCN(C)CC3)C2)on1. The Balaban J connectivity index is 1.46. The topological polar surface area (TPSA) is 79.1 Å². The Labute approximate surface area is 212 Å². The molecule has 0 bridgehead atoms. The molecule has 2 fully saturated rings. The van der Waals surface area contributed by atoms with E-state index in [-0.39, 0.29) is 29.6 Å². The van der Waals surface area contributed by atoms with E-state index in [1.54, 1.807) is 23.1 Å². The van der Waals surface area contributed by atoms with Gasteiger partial charge < -0.3 is 24.0 Å². The molecule has 0 unspecified atom stereocenters. The van der Waals surface area contributed by atoms with Crippen LogP contribution in [0.3, 0.4) is 0 Å². The predicted octanol–water partition coefficient (Wildman–Crippen LogP) is 3.60. The Kier molecular flexibility index (Phi) is 8.34. The molecule has 9 heteroatoms. The van der Waals surface area contributed by atoms with Gasteiger partial charge in [0.1, 0.15) is 11.9 Å². The quantitative estimate of drug-likeness (QED) is 0.575. The van der Waals surface area contributed by atoms with Crippen molar-refractivity contribution in [1.29, 1.82) is 0 Å². The van der Waals surface area contributed by atoms with E-state index in [2.05, 4.69) is 31.0 Å². The van der Waals surface area contributed by atoms with E-state index in [4.69, 9.17) is 20.9 Å². The summed E-state index contributed by atoms with van der Waals surface area (Å²) in [6.45, 7) is 8.35. The van der Waals surface area contributed by atoms with E-state index in [0.29, 0.717) is 42.6 Å². The highest BCUT2D eigenvalue weighted by Crippen LogP contribution is 2.28. The number of likely N-dealkylation sites (tertiary alicyclic amines) is 1. The first kappa shape index (κ1) is 25.5. The molecule has 190 valence electrons. The third-order valence-corrected chi connectivity index (χ3v) is 6.98. The fourth-order valence-electron chi connectivity index (χ4n) is 4.73. The first-order valence-electron chi connectivity index (χ1n) is 12.4. The molecule has 2 amide bonds. The van der Waals surface area contributed by atoms with Crippen molar-refractivity contribution in [3.63, 3.8) is 0 Å². The molecule has 2 aliphatic heterocycles. The van der Waals surface area contributed by atoms with Crippen LogP contribution in [-0.4, -0.2) is 84.1 Å². The minimum Gasteiger partial charge on any atom is -0.490 e. The van der Waals surface area contributed by atoms with Gasteiger partial charge in [-0.15, -0.1) is 0 Å². The van der Waals surface area contributed by atoms with Gasteiger partial charge in [-0.25, -0.2) is 0 Å². The molecule has 3 heterocycles. The van der Waals surface area contributed by atoms with Crippen molar-refractivity contribution in [2.45, 2.75) is 39.2 Å². The van der Waals surface area contributed by atoms with E-state index in [9.17, 15) is 9.59 Å². The van der Waals surface area contributed by atoms with Crippen LogP contribution in [0.2, 0.25) is 5.02 Å². The number of hydrogen-bond donors (Lipinski definition) is 0. The molecule has 0 N–H and O–H groups in total. The first-order chi connectivity index (χ1) is 16.8. The van der Waals surface area contributed by atoms with Crippen molar-refractivity contribution in [3.8, 4) is 5.75 Å². The lowest BCUT2D eigenvalue weighted by molar-refractivity contribution is -0.135. The van der Waals surface area contributed by atoms with Crippen LogP contribution in [0.4, 0.5) is 0 Å². The number of piperazine rings is 1. The number of carbonyl (C=O) groups is 2. The average molecular weight is 503 g/mol. The van der Waals surface area contributed by atoms with Crippen LogP contribution in [0.1, 0.15) is 42.9 Å². The first-order valence-corrected chi connectivity index (χ1v) is 12.8. The third kappa shape index (κ3) is 6.76. The molecule has 8 nitrogen and oxygen atoms in total. The number of carbonyl (C=O) groups excluding carboxylic acids is 2. The normalized spacial score (nSPS) is 21.4. The van der Waals surface area contributed by atoms with E-state index < -0.39 is 0 Å². The summed E-state index contributed by atoms with van der Waals surface area (Å²) in [4.78, 5) is 32.3. The molecule has 2 saturated heterocycles. The number of halogens is 1. The molecule has 2 atom stereocenters. The molecular weight excluding hydrogens is 468 g/mol. The van der Waals surface area contributed by atoms with Crippen molar-refractivity contribution < 1.29 is 18.8 Å². The van der Waals surface area contributed by atoms with Gasteiger partial charge in [0, 0.05) is 69.1 Å². The van der Waals surface area contributed by atoms with Gasteiger partial charge in [-0.3, -0.25) is 9.59 Å². The Hall–Kier alpha value is -2.58. The number of likely N-dealkylation sites (N-methyl/N-ethyl adjacent to an activating group) is 1. The predicted molar refractivity (Wildman–Crippen MR) is 134 cm³/mol. The van der Waals surface area contributed by atoms with Crippen LogP contribution >= 0.6 is 11.6 Å². The number of aromatic nitrogens is 1. The molecule has 1 aromatic heterocycles. The summed E-state index contributed by atoms with van der Waals surface area (Å²) in [5.41, 5.74) is 0.783. The van der Waals surface area contributed by atoms with Crippen LogP contribution in [0.5, 0.6) is 5.75 Å². The van der Waals surface area contributed by atoms with Crippen molar-refractivity contribution in [1.82, 2.24) is 19.9 Å². The lowest BCUT2D eigenvalue weighted by Gasteiger charge is -2.39. The van der Waals surface area contributed by atoms with Crippen LogP contribution in [0.25, 0.3) is 0 Å². The fraction of sp³-hybridized carbons (Fsp3) is 0.577. The number of piperidine rings is 1. The molecule has 0 aliphatic carbocycles. The minimum absolute atomic E-state index is 0.112. The lowest BCUT2D eigenvalue weighted by atomic mass is 9.90. The van der Waals surface area contributed by atoms with E-state index in [1.807, 2.05) is 17.0 Å². The van der Waals surface area contributed by atoms with Gasteiger partial charge in [-0.2, -0.15) is 0 Å². The van der Waals surface area contributed by atoms with Gasteiger partial charge in [0.25, 0.3) is 5.91 Å². The molecule has 0 radical (unpaired) electrons. The van der Waals surface area contributed by atoms with E-state index in [1.165, 1.54) is 0 Å². The standard InChI is InChI=1S/C26H35ClN4O4/c1-18(2)14-21-16-24(35-28-21)26(33)31-9-8-23(34-22-6-4-20(27)5-7-22)19(17-31)15-25(32)30-12-10-29(3)11-13-30/h4-7,16,18-19,23H,8-15,17H2,1-3H3/t19-,23-/m0/s1. The maximum Gasteiger partial charge on any atom is 0.292 e. The second-order valence-corrected chi connectivity index (χ2v) is 10.5. The Morgan fingerprint density at radius 1 is 1.11 bits per heavy atom. The Morgan fingerprint density at radius 2 is 1.83 bits per heavy atom. The van der Waals surface area contributed by atoms with Gasteiger partial charge in [0.2, 0.25) is 11.7 Å². The molecule has 0 spiro atoms. The van der Waals surface area contributed by atoms with Crippen molar-refractivity contribution in [2.75, 3.05) is 46.3 Å². The number of hydrogen-bond acceptors (Lipinski definition) is 6. The fourth-order valence-corrected chi connectivity index (χ4v) is 4.85. The second kappa shape index (κ2) is 11.4. The molecular formula is C26H35ClN4O4. The smallest absolute Gasteiger partial charge is 0.292 e. The van der Waals surface area contributed by atoms with Crippen molar-refractivity contribution >= 4 is 23.4 Å². The number of ether oxygens (including phenoxy) is 1. The van der Waals surface area contributed by atoms with Gasteiger partial charge in [0.15, 0.2) is 0 Å². The summed E-state index contributed by atoms with van der Waals surface area (Å²) < 4.78 is 11.7. The highest BCUT2D eigenvalue weighted by Gasteiger charge is 2.37. The Bertz CT molecular complexity index is 1000. The summed E-state index contributed by atoms with van der Waals surface area (Å²) in [5, 5.41) is 4.70. The molecule has 2 aliphatic rings. The number of amides is 2. The molecule has 1 aromatic carbocycles. The molecule has 0 saturated carbocycles. The zero-order chi connectivity index (χ0) is 24.9. The Morgan fingerprint density at radius 3 is 2.51 bits per heavy atom. The summed E-state index contributed by atoms with van der Waals surface area (Å²) >= 11 is 6.02. The lowest BCUT2D eigenvalue weighted by Crippen LogP contribution is -2.51. The maximum absolute atomic E-state index is 13.2. The summed E-state index contributed by atoms with van der Waals surface area (Å²) in [6, 6.07) is 8.99. The average Bonchev–Trinajstić information content (AvgIpc) is 3.29. The second-order valence-electron chi connectivity index (χ2n) is 10.1. The molecule has 2 aromatic rings. The largest absolute Gasteiger partial charge is 0.490 e. The van der Waals surface area contributed by atoms with Gasteiger partial charge >= 0.3 is 0 Å². The van der Waals surface area contributed by atoms with Crippen LogP contribution in [0.15, 0.2) is 34.9 Å². The van der Waals surface area contributed by atoms with Gasteiger partial charge in [-0.1, -0.05) is 30.6 Å². The van der Waals surface area contributed by atoms with Crippen LogP contribution in [-0.2, 0) is 11.2 Å². The zero-order valence-electron chi connectivity index (χ0n) is 20.8.